The van der Waals surface area contributed by atoms with Crippen LogP contribution in [-0.2, 0) is 11.8 Å². The van der Waals surface area contributed by atoms with Gasteiger partial charge in [-0.2, -0.15) is 5.10 Å². The highest BCUT2D eigenvalue weighted by atomic mass is 19.3. The number of carbonyl (C=O) groups is 1. The first-order chi connectivity index (χ1) is 21.5. The van der Waals surface area contributed by atoms with Crippen LogP contribution in [0.1, 0.15) is 55.9 Å². The van der Waals surface area contributed by atoms with Gasteiger partial charge in [0.15, 0.2) is 6.10 Å². The van der Waals surface area contributed by atoms with Crippen LogP contribution in [0.3, 0.4) is 0 Å². The number of hydrogen-bond donors (Lipinski definition) is 0. The van der Waals surface area contributed by atoms with Crippen LogP contribution in [0.25, 0.3) is 22.2 Å². The minimum absolute atomic E-state index is 0.0863. The number of fused-ring (bicyclic) bond motifs is 1. The van der Waals surface area contributed by atoms with Gasteiger partial charge in [-0.1, -0.05) is 78.9 Å². The number of rotatable bonds is 6. The van der Waals surface area contributed by atoms with Gasteiger partial charge >= 0.3 is 6.09 Å². The van der Waals surface area contributed by atoms with Crippen molar-refractivity contribution in [2.45, 2.75) is 50.7 Å². The second kappa shape index (κ2) is 12.0. The maximum atomic E-state index is 15.8. The molecule has 1 aliphatic heterocycles. The Kier molecular flexibility index (Phi) is 8.03. The Balaban J connectivity index is 1.36. The molecule has 1 atom stereocenters. The molecule has 45 heavy (non-hydrogen) atoms. The third kappa shape index (κ3) is 6.25. The molecule has 0 unspecified atom stereocenters. The number of para-hydroxylation sites is 1. The Hall–Kier alpha value is -4.79. The summed E-state index contributed by atoms with van der Waals surface area (Å²) in [5.74, 6) is -3.89. The largest absolute Gasteiger partial charge is 0.464 e. The molecule has 3 aromatic carbocycles. The van der Waals surface area contributed by atoms with Crippen molar-refractivity contribution < 1.29 is 23.0 Å². The topological polar surface area (TPSA) is 69.5 Å². The number of aryl methyl sites for hydroxylation is 1. The van der Waals surface area contributed by atoms with Gasteiger partial charge in [0.1, 0.15) is 11.3 Å². The third-order valence-electron chi connectivity index (χ3n) is 7.98. The van der Waals surface area contributed by atoms with Gasteiger partial charge in [-0.15, -0.1) is 0 Å². The van der Waals surface area contributed by atoms with E-state index in [2.05, 4.69) is 4.98 Å². The Bertz CT molecular complexity index is 1760. The molecule has 0 bridgehead atoms. The van der Waals surface area contributed by atoms with Gasteiger partial charge in [-0.05, 0) is 56.0 Å². The van der Waals surface area contributed by atoms with Crippen molar-refractivity contribution in [2.75, 3.05) is 13.1 Å². The van der Waals surface area contributed by atoms with Crippen molar-refractivity contribution in [1.82, 2.24) is 19.7 Å². The fourth-order valence-electron chi connectivity index (χ4n) is 6.01. The SMILES string of the molecule is Cn1nc(-c2cccnc2OC(c2ccccc2)c2ccccc2)c2cccc([C@@H]3CCN(C(=O)OC(C)(C)C)CC3(F)F)c21. The average Bonchev–Trinajstić information content (AvgIpc) is 3.36. The molecule has 3 heterocycles. The molecular weight excluding hydrogens is 574 g/mol. The molecular formula is C36H36F2N4O3. The van der Waals surface area contributed by atoms with Crippen LogP contribution in [0.15, 0.2) is 97.2 Å². The van der Waals surface area contributed by atoms with Crippen molar-refractivity contribution in [3.63, 3.8) is 0 Å². The number of amides is 1. The van der Waals surface area contributed by atoms with Gasteiger partial charge in [0.05, 0.1) is 23.5 Å². The van der Waals surface area contributed by atoms with Gasteiger partial charge in [0.2, 0.25) is 5.88 Å². The number of piperidine rings is 1. The van der Waals surface area contributed by atoms with Crippen LogP contribution >= 0.6 is 0 Å². The van der Waals surface area contributed by atoms with Crippen molar-refractivity contribution in [2.24, 2.45) is 7.05 Å². The van der Waals surface area contributed by atoms with Crippen molar-refractivity contribution in [1.29, 1.82) is 0 Å². The molecule has 1 aliphatic rings. The summed E-state index contributed by atoms with van der Waals surface area (Å²) in [6.45, 7) is 4.61. The van der Waals surface area contributed by atoms with E-state index in [0.29, 0.717) is 33.6 Å². The van der Waals surface area contributed by atoms with E-state index in [9.17, 15) is 4.79 Å². The molecule has 2 aromatic heterocycles. The Morgan fingerprint density at radius 1 is 0.933 bits per heavy atom. The zero-order valence-electron chi connectivity index (χ0n) is 25.8. The highest BCUT2D eigenvalue weighted by Gasteiger charge is 2.48. The predicted molar refractivity (Wildman–Crippen MR) is 169 cm³/mol. The lowest BCUT2D eigenvalue weighted by Gasteiger charge is -2.39. The van der Waals surface area contributed by atoms with Crippen molar-refractivity contribution >= 4 is 17.0 Å². The van der Waals surface area contributed by atoms with Crippen molar-refractivity contribution in [3.8, 4) is 17.1 Å². The first-order valence-electron chi connectivity index (χ1n) is 15.0. The standard InChI is InChI=1S/C36H36F2N4O3/c1-35(2,3)45-34(43)42-22-20-29(36(37,38)23-42)26-17-11-18-27-30(40-41(4)31(26)27)28-19-12-21-39-33(28)44-32(24-13-7-5-8-14-24)25-15-9-6-10-16-25/h5-19,21,29,32H,20,22-23H2,1-4H3/t29-/m0/s1. The molecule has 1 amide bonds. The van der Waals surface area contributed by atoms with Crippen LogP contribution in [0.4, 0.5) is 13.6 Å². The van der Waals surface area contributed by atoms with Gasteiger partial charge in [-0.25, -0.2) is 18.6 Å². The molecule has 0 saturated carbocycles. The van der Waals surface area contributed by atoms with E-state index in [0.717, 1.165) is 16.0 Å². The number of benzene rings is 3. The summed E-state index contributed by atoms with van der Waals surface area (Å²) in [7, 11) is 1.76. The number of ether oxygens (including phenoxy) is 2. The predicted octanol–water partition coefficient (Wildman–Crippen LogP) is 8.16. The van der Waals surface area contributed by atoms with Crippen LogP contribution in [0.2, 0.25) is 0 Å². The molecule has 232 valence electrons. The molecule has 1 saturated heterocycles. The summed E-state index contributed by atoms with van der Waals surface area (Å²) in [6.07, 6.45) is 0.597. The molecule has 6 rings (SSSR count). The quantitative estimate of drug-likeness (QED) is 0.194. The molecule has 0 radical (unpaired) electrons. The van der Waals surface area contributed by atoms with E-state index in [1.54, 1.807) is 50.8 Å². The van der Waals surface area contributed by atoms with Crippen LogP contribution < -0.4 is 4.74 Å². The summed E-state index contributed by atoms with van der Waals surface area (Å²) in [5.41, 5.74) is 3.51. The van der Waals surface area contributed by atoms with Gasteiger partial charge in [0.25, 0.3) is 5.92 Å². The number of hydrogen-bond acceptors (Lipinski definition) is 5. The smallest absolute Gasteiger partial charge is 0.410 e. The number of halogens is 2. The van der Waals surface area contributed by atoms with E-state index >= 15 is 8.78 Å². The summed E-state index contributed by atoms with van der Waals surface area (Å²) in [5, 5.41) is 5.54. The van der Waals surface area contributed by atoms with E-state index in [4.69, 9.17) is 14.6 Å². The normalized spacial score (nSPS) is 16.6. The van der Waals surface area contributed by atoms with E-state index in [1.807, 2.05) is 78.9 Å². The summed E-state index contributed by atoms with van der Waals surface area (Å²) < 4.78 is 45.3. The molecule has 0 aliphatic carbocycles. The number of aromatic nitrogens is 3. The number of nitrogens with zero attached hydrogens (tertiary/aromatic N) is 4. The van der Waals surface area contributed by atoms with Gasteiger partial charge < -0.3 is 14.4 Å². The zero-order chi connectivity index (χ0) is 31.8. The minimum atomic E-state index is -3.17. The Morgan fingerprint density at radius 3 is 2.22 bits per heavy atom. The second-order valence-corrected chi connectivity index (χ2v) is 12.4. The van der Waals surface area contributed by atoms with Gasteiger partial charge in [0, 0.05) is 25.2 Å². The maximum absolute atomic E-state index is 15.8. The monoisotopic (exact) mass is 610 g/mol. The molecule has 1 fully saturated rings. The fraction of sp³-hybridized carbons (Fsp3) is 0.306. The molecule has 5 aromatic rings. The number of alkyl halides is 2. The zero-order valence-corrected chi connectivity index (χ0v) is 25.8. The second-order valence-electron chi connectivity index (χ2n) is 12.4. The Labute approximate surface area is 261 Å². The molecule has 9 heteroatoms. The number of pyridine rings is 1. The molecule has 7 nitrogen and oxygen atoms in total. The molecule has 0 spiro atoms. The summed E-state index contributed by atoms with van der Waals surface area (Å²) >= 11 is 0. The summed E-state index contributed by atoms with van der Waals surface area (Å²) in [6, 6.07) is 28.9. The lowest BCUT2D eigenvalue weighted by molar-refractivity contribution is -0.0846. The van der Waals surface area contributed by atoms with Crippen LogP contribution in [-0.4, -0.2) is 50.4 Å². The lowest BCUT2D eigenvalue weighted by Crippen LogP contribution is -2.51. The highest BCUT2D eigenvalue weighted by Crippen LogP contribution is 2.45. The van der Waals surface area contributed by atoms with Gasteiger partial charge in [-0.3, -0.25) is 4.68 Å². The minimum Gasteiger partial charge on any atom is -0.464 e. The lowest BCUT2D eigenvalue weighted by atomic mass is 9.85. The summed E-state index contributed by atoms with van der Waals surface area (Å²) in [4.78, 5) is 18.3. The molecule has 0 N–H and O–H groups in total. The maximum Gasteiger partial charge on any atom is 0.410 e. The van der Waals surface area contributed by atoms with E-state index in [1.165, 1.54) is 0 Å². The number of likely N-dealkylation sites (tertiary alicyclic amines) is 1. The van der Waals surface area contributed by atoms with Crippen LogP contribution in [0, 0.1) is 0 Å². The average molecular weight is 611 g/mol. The van der Waals surface area contributed by atoms with Crippen molar-refractivity contribution in [3.05, 3.63) is 114 Å². The van der Waals surface area contributed by atoms with E-state index in [-0.39, 0.29) is 13.0 Å². The fourth-order valence-corrected chi connectivity index (χ4v) is 6.01. The first-order valence-corrected chi connectivity index (χ1v) is 15.0. The van der Waals surface area contributed by atoms with Crippen LogP contribution in [0.5, 0.6) is 5.88 Å². The Morgan fingerprint density at radius 2 is 1.60 bits per heavy atom. The number of carbonyl (C=O) groups excluding carboxylic acids is 1. The first kappa shape index (κ1) is 30.2. The highest BCUT2D eigenvalue weighted by molar-refractivity contribution is 5.96. The third-order valence-corrected chi connectivity index (χ3v) is 7.98. The van der Waals surface area contributed by atoms with E-state index < -0.39 is 36.2 Å².